The highest BCUT2D eigenvalue weighted by molar-refractivity contribution is 5.93. The molecule has 1 aromatic rings. The maximum absolute atomic E-state index is 12.3. The molecule has 0 atom stereocenters. The first-order valence-electron chi connectivity index (χ1n) is 7.26. The average Bonchev–Trinajstić information content (AvgIpc) is 2.89. The summed E-state index contributed by atoms with van der Waals surface area (Å²) in [5.74, 6) is 0.0617. The third kappa shape index (κ3) is 3.38. The van der Waals surface area contributed by atoms with Crippen LogP contribution < -0.4 is 10.6 Å². The van der Waals surface area contributed by atoms with E-state index in [9.17, 15) is 4.79 Å². The molecule has 0 bridgehead atoms. The van der Waals surface area contributed by atoms with Crippen LogP contribution in [-0.4, -0.2) is 29.6 Å². The normalized spacial score (nSPS) is 23.6. The molecule has 0 spiro atoms. The minimum absolute atomic E-state index is 0.0617. The van der Waals surface area contributed by atoms with Gasteiger partial charge in [-0.25, -0.2) is 0 Å². The van der Waals surface area contributed by atoms with Crippen molar-refractivity contribution in [2.45, 2.75) is 57.7 Å². The highest BCUT2D eigenvalue weighted by atomic mass is 16.2. The highest BCUT2D eigenvalue weighted by Crippen LogP contribution is 2.19. The Hall–Kier alpha value is -1.29. The van der Waals surface area contributed by atoms with Crippen LogP contribution in [0.15, 0.2) is 18.3 Å². The Balaban J connectivity index is 1.93. The van der Waals surface area contributed by atoms with Crippen molar-refractivity contribution in [1.29, 1.82) is 0 Å². The lowest BCUT2D eigenvalue weighted by atomic mass is 9.91. The lowest BCUT2D eigenvalue weighted by molar-refractivity contribution is 0.0913. The van der Waals surface area contributed by atoms with Gasteiger partial charge < -0.3 is 15.2 Å². The van der Waals surface area contributed by atoms with Crippen LogP contribution in [0.4, 0.5) is 0 Å². The van der Waals surface area contributed by atoms with Crippen LogP contribution in [0.25, 0.3) is 0 Å². The van der Waals surface area contributed by atoms with Crippen molar-refractivity contribution in [2.24, 2.45) is 0 Å². The Morgan fingerprint density at radius 1 is 1.26 bits per heavy atom. The number of nitrogens with one attached hydrogen (secondary N) is 2. The Morgan fingerprint density at radius 3 is 2.47 bits per heavy atom. The summed E-state index contributed by atoms with van der Waals surface area (Å²) in [5.41, 5.74) is 0.769. The molecule has 4 nitrogen and oxygen atoms in total. The van der Waals surface area contributed by atoms with Crippen LogP contribution in [-0.2, 0) is 0 Å². The van der Waals surface area contributed by atoms with Gasteiger partial charge in [0, 0.05) is 24.3 Å². The van der Waals surface area contributed by atoms with Gasteiger partial charge in [-0.1, -0.05) is 0 Å². The molecule has 0 unspecified atom stereocenters. The fourth-order valence-corrected chi connectivity index (χ4v) is 2.82. The van der Waals surface area contributed by atoms with E-state index in [1.807, 2.05) is 29.9 Å². The number of carbonyl (C=O) groups is 1. The molecule has 0 radical (unpaired) electrons. The summed E-state index contributed by atoms with van der Waals surface area (Å²) in [6.07, 6.45) is 6.40. The van der Waals surface area contributed by atoms with E-state index in [1.54, 1.807) is 0 Å². The molecule has 1 amide bonds. The molecule has 0 aromatic carbocycles. The van der Waals surface area contributed by atoms with Crippen LogP contribution in [0.1, 0.15) is 56.1 Å². The fraction of sp³-hybridized carbons (Fsp3) is 0.667. The molecule has 1 heterocycles. The van der Waals surface area contributed by atoms with Gasteiger partial charge in [0.15, 0.2) is 0 Å². The molecular weight excluding hydrogens is 238 g/mol. The summed E-state index contributed by atoms with van der Waals surface area (Å²) in [5, 5.41) is 6.49. The molecule has 1 saturated carbocycles. The highest BCUT2D eigenvalue weighted by Gasteiger charge is 2.22. The second-order valence-corrected chi connectivity index (χ2v) is 5.71. The number of rotatable bonds is 4. The molecule has 2 N–H and O–H groups in total. The summed E-state index contributed by atoms with van der Waals surface area (Å²) in [6, 6.07) is 5.09. The van der Waals surface area contributed by atoms with Gasteiger partial charge in [0.05, 0.1) is 0 Å². The molecule has 0 saturated heterocycles. The number of hydrogen-bond acceptors (Lipinski definition) is 2. The van der Waals surface area contributed by atoms with Crippen LogP contribution in [0, 0.1) is 0 Å². The number of carbonyl (C=O) groups excluding carboxylic acids is 1. The first kappa shape index (κ1) is 14.1. The van der Waals surface area contributed by atoms with Gasteiger partial charge in [-0.2, -0.15) is 0 Å². The van der Waals surface area contributed by atoms with Crippen LogP contribution in [0.2, 0.25) is 0 Å². The van der Waals surface area contributed by atoms with Crippen LogP contribution in [0.3, 0.4) is 0 Å². The van der Waals surface area contributed by atoms with Gasteiger partial charge in [0.2, 0.25) is 0 Å². The number of amides is 1. The molecule has 1 fully saturated rings. The predicted molar refractivity (Wildman–Crippen MR) is 77.4 cm³/mol. The Morgan fingerprint density at radius 2 is 1.89 bits per heavy atom. The second-order valence-electron chi connectivity index (χ2n) is 5.71. The zero-order valence-corrected chi connectivity index (χ0v) is 12.1. The third-order valence-electron chi connectivity index (χ3n) is 4.04. The Labute approximate surface area is 115 Å². The van der Waals surface area contributed by atoms with E-state index in [-0.39, 0.29) is 5.91 Å². The van der Waals surface area contributed by atoms with Crippen LogP contribution >= 0.6 is 0 Å². The Kier molecular flexibility index (Phi) is 4.64. The van der Waals surface area contributed by atoms with Crippen LogP contribution in [0.5, 0.6) is 0 Å². The van der Waals surface area contributed by atoms with E-state index in [1.165, 1.54) is 0 Å². The average molecular weight is 263 g/mol. The second kappa shape index (κ2) is 6.24. The maximum Gasteiger partial charge on any atom is 0.268 e. The van der Waals surface area contributed by atoms with Gasteiger partial charge in [0.1, 0.15) is 5.69 Å². The quantitative estimate of drug-likeness (QED) is 0.876. The zero-order chi connectivity index (χ0) is 13.8. The summed E-state index contributed by atoms with van der Waals surface area (Å²) < 4.78 is 2.02. The van der Waals surface area contributed by atoms with Gasteiger partial charge in [0.25, 0.3) is 5.91 Å². The van der Waals surface area contributed by atoms with E-state index in [0.717, 1.165) is 31.4 Å². The zero-order valence-electron chi connectivity index (χ0n) is 12.1. The number of hydrogen-bond donors (Lipinski definition) is 2. The Bertz CT molecular complexity index is 417. The molecular formula is C15H25N3O. The van der Waals surface area contributed by atoms with Crippen molar-refractivity contribution in [2.75, 3.05) is 7.05 Å². The molecule has 1 aromatic heterocycles. The molecule has 0 aliphatic heterocycles. The molecule has 1 aliphatic rings. The van der Waals surface area contributed by atoms with E-state index in [2.05, 4.69) is 24.5 Å². The predicted octanol–water partition coefficient (Wildman–Crippen LogP) is 2.33. The third-order valence-corrected chi connectivity index (χ3v) is 4.04. The summed E-state index contributed by atoms with van der Waals surface area (Å²) >= 11 is 0. The fourth-order valence-electron chi connectivity index (χ4n) is 2.82. The number of aromatic nitrogens is 1. The monoisotopic (exact) mass is 263 g/mol. The smallest absolute Gasteiger partial charge is 0.268 e. The van der Waals surface area contributed by atoms with Crippen molar-refractivity contribution in [1.82, 2.24) is 15.2 Å². The lowest BCUT2D eigenvalue weighted by Gasteiger charge is -2.29. The minimum atomic E-state index is 0.0617. The minimum Gasteiger partial charge on any atom is -0.348 e. The first-order chi connectivity index (χ1) is 9.11. The van der Waals surface area contributed by atoms with E-state index in [4.69, 9.17) is 0 Å². The standard InChI is InChI=1S/C15H25N3O/c1-11(2)18-10-4-5-14(18)15(19)17-13-8-6-12(16-3)7-9-13/h4-5,10-13,16H,6-9H2,1-3H3,(H,17,19). The van der Waals surface area contributed by atoms with E-state index >= 15 is 0 Å². The molecule has 2 rings (SSSR count). The van der Waals surface area contributed by atoms with Crippen molar-refractivity contribution in [3.8, 4) is 0 Å². The van der Waals surface area contributed by atoms with Crippen molar-refractivity contribution in [3.05, 3.63) is 24.0 Å². The van der Waals surface area contributed by atoms with Crippen molar-refractivity contribution >= 4 is 5.91 Å². The van der Waals surface area contributed by atoms with Gasteiger partial charge in [-0.15, -0.1) is 0 Å². The molecule has 19 heavy (non-hydrogen) atoms. The summed E-state index contributed by atoms with van der Waals surface area (Å²) in [4.78, 5) is 12.3. The maximum atomic E-state index is 12.3. The molecule has 106 valence electrons. The molecule has 4 heteroatoms. The summed E-state index contributed by atoms with van der Waals surface area (Å²) in [7, 11) is 2.01. The largest absolute Gasteiger partial charge is 0.348 e. The SMILES string of the molecule is CNC1CCC(NC(=O)c2cccn2C(C)C)CC1. The van der Waals surface area contributed by atoms with E-state index < -0.39 is 0 Å². The lowest BCUT2D eigenvalue weighted by Crippen LogP contribution is -2.41. The van der Waals surface area contributed by atoms with Gasteiger partial charge >= 0.3 is 0 Å². The van der Waals surface area contributed by atoms with E-state index in [0.29, 0.717) is 18.1 Å². The topological polar surface area (TPSA) is 46.1 Å². The molecule has 1 aliphatic carbocycles. The van der Waals surface area contributed by atoms with Crippen molar-refractivity contribution < 1.29 is 4.79 Å². The number of nitrogens with zero attached hydrogens (tertiary/aromatic N) is 1. The summed E-state index contributed by atoms with van der Waals surface area (Å²) in [6.45, 7) is 4.18. The van der Waals surface area contributed by atoms with Gasteiger partial charge in [-0.05, 0) is 58.7 Å². The first-order valence-corrected chi connectivity index (χ1v) is 7.26. The van der Waals surface area contributed by atoms with Gasteiger partial charge in [-0.3, -0.25) is 4.79 Å². The van der Waals surface area contributed by atoms with Crippen molar-refractivity contribution in [3.63, 3.8) is 0 Å².